The van der Waals surface area contributed by atoms with E-state index in [0.29, 0.717) is 0 Å². The molecule has 28 heavy (non-hydrogen) atoms. The second kappa shape index (κ2) is 7.19. The first-order valence-corrected chi connectivity index (χ1v) is 8.85. The third-order valence-corrected chi connectivity index (χ3v) is 4.79. The van der Waals surface area contributed by atoms with Crippen LogP contribution < -0.4 is 5.32 Å². The fourth-order valence-electron chi connectivity index (χ4n) is 3.46. The Morgan fingerprint density at radius 1 is 1.14 bits per heavy atom. The summed E-state index contributed by atoms with van der Waals surface area (Å²) in [6, 6.07) is 15.5. The average Bonchev–Trinajstić information content (AvgIpc) is 3.30. The minimum absolute atomic E-state index is 0.0335. The number of alkyl carbamates (subject to hydrolysis) is 1. The van der Waals surface area contributed by atoms with Crippen LogP contribution in [-0.2, 0) is 4.74 Å². The fourth-order valence-corrected chi connectivity index (χ4v) is 3.46. The molecule has 0 aliphatic heterocycles. The number of rotatable bonds is 5. The van der Waals surface area contributed by atoms with E-state index < -0.39 is 18.1 Å². The fraction of sp³-hybridized carbons (Fsp3) is 0.190. The third kappa shape index (κ3) is 3.22. The minimum Gasteiger partial charge on any atom is -0.476 e. The number of nitrogens with one attached hydrogen (secondary N) is 1. The highest BCUT2D eigenvalue weighted by molar-refractivity contribution is 5.84. The summed E-state index contributed by atoms with van der Waals surface area (Å²) in [6.45, 7) is 1.83. The highest BCUT2D eigenvalue weighted by Crippen LogP contribution is 2.44. The number of carbonyl (C=O) groups excluding carboxylic acids is 1. The number of fused-ring (bicyclic) bond motifs is 3. The van der Waals surface area contributed by atoms with E-state index in [9.17, 15) is 9.59 Å². The molecule has 142 valence electrons. The van der Waals surface area contributed by atoms with Crippen LogP contribution in [0.25, 0.3) is 11.1 Å². The number of benzene rings is 2. The molecule has 1 aromatic heterocycles. The van der Waals surface area contributed by atoms with Gasteiger partial charge in [0.1, 0.15) is 18.9 Å². The molecule has 1 aliphatic rings. The second-order valence-corrected chi connectivity index (χ2v) is 6.57. The van der Waals surface area contributed by atoms with Crippen molar-refractivity contribution in [3.8, 4) is 11.1 Å². The molecule has 7 nitrogen and oxygen atoms in total. The molecular weight excluding hydrogens is 360 g/mol. The summed E-state index contributed by atoms with van der Waals surface area (Å²) in [5, 5.41) is 11.5. The number of amides is 1. The molecule has 1 atom stereocenters. The monoisotopic (exact) mass is 378 g/mol. The predicted molar refractivity (Wildman–Crippen MR) is 100 cm³/mol. The van der Waals surface area contributed by atoms with Gasteiger partial charge in [0.2, 0.25) is 5.89 Å². The number of oxazole rings is 1. The van der Waals surface area contributed by atoms with Crippen LogP contribution in [0, 0.1) is 0 Å². The minimum atomic E-state index is -1.19. The Morgan fingerprint density at radius 3 is 2.32 bits per heavy atom. The highest BCUT2D eigenvalue weighted by atomic mass is 16.5. The lowest BCUT2D eigenvalue weighted by Gasteiger charge is -2.16. The lowest BCUT2D eigenvalue weighted by atomic mass is 9.98. The number of aromatic carboxylic acids is 1. The zero-order valence-electron chi connectivity index (χ0n) is 15.1. The average molecular weight is 378 g/mol. The van der Waals surface area contributed by atoms with Crippen molar-refractivity contribution < 1.29 is 23.8 Å². The lowest BCUT2D eigenvalue weighted by Crippen LogP contribution is -2.29. The molecule has 7 heteroatoms. The summed E-state index contributed by atoms with van der Waals surface area (Å²) in [7, 11) is 0. The molecule has 2 aromatic carbocycles. The Kier molecular flexibility index (Phi) is 4.57. The van der Waals surface area contributed by atoms with Gasteiger partial charge in [-0.3, -0.25) is 0 Å². The molecular formula is C21H18N2O5. The van der Waals surface area contributed by atoms with Crippen molar-refractivity contribution in [1.82, 2.24) is 10.3 Å². The highest BCUT2D eigenvalue weighted by Gasteiger charge is 2.29. The van der Waals surface area contributed by atoms with E-state index in [1.807, 2.05) is 36.4 Å². The Balaban J connectivity index is 1.43. The number of hydrogen-bond donors (Lipinski definition) is 2. The zero-order valence-corrected chi connectivity index (χ0v) is 15.1. The van der Waals surface area contributed by atoms with Crippen molar-refractivity contribution in [3.05, 3.63) is 77.5 Å². The van der Waals surface area contributed by atoms with Crippen molar-refractivity contribution in [2.75, 3.05) is 6.61 Å². The topological polar surface area (TPSA) is 102 Å². The van der Waals surface area contributed by atoms with Gasteiger partial charge in [0.25, 0.3) is 0 Å². The quantitative estimate of drug-likeness (QED) is 0.696. The molecule has 2 N–H and O–H groups in total. The normalized spacial score (nSPS) is 13.5. The largest absolute Gasteiger partial charge is 0.476 e. The molecule has 3 aromatic rings. The number of ether oxygens (including phenoxy) is 1. The van der Waals surface area contributed by atoms with E-state index >= 15 is 0 Å². The van der Waals surface area contributed by atoms with Crippen LogP contribution in [-0.4, -0.2) is 28.8 Å². The van der Waals surface area contributed by atoms with Gasteiger partial charge in [0.05, 0.1) is 0 Å². The molecule has 0 bridgehead atoms. The molecule has 0 saturated heterocycles. The maximum Gasteiger partial charge on any atom is 0.407 e. The molecule has 0 saturated carbocycles. The molecule has 0 radical (unpaired) electrons. The van der Waals surface area contributed by atoms with Crippen molar-refractivity contribution in [2.24, 2.45) is 0 Å². The van der Waals surface area contributed by atoms with E-state index in [1.54, 1.807) is 6.92 Å². The number of carboxylic acid groups (broad SMARTS) is 1. The van der Waals surface area contributed by atoms with Gasteiger partial charge in [-0.25, -0.2) is 14.6 Å². The Hall–Kier alpha value is -3.61. The van der Waals surface area contributed by atoms with Crippen LogP contribution in [0.2, 0.25) is 0 Å². The maximum absolute atomic E-state index is 12.2. The summed E-state index contributed by atoms with van der Waals surface area (Å²) in [5.74, 6) is -1.12. The van der Waals surface area contributed by atoms with Gasteiger partial charge in [-0.2, -0.15) is 0 Å². The molecule has 0 fully saturated rings. The van der Waals surface area contributed by atoms with Gasteiger partial charge < -0.3 is 19.6 Å². The molecule has 1 amide bonds. The third-order valence-electron chi connectivity index (χ3n) is 4.79. The lowest BCUT2D eigenvalue weighted by molar-refractivity contribution is 0.0690. The van der Waals surface area contributed by atoms with Gasteiger partial charge >= 0.3 is 12.1 Å². The van der Waals surface area contributed by atoms with Crippen LogP contribution in [0.15, 0.2) is 59.2 Å². The van der Waals surface area contributed by atoms with Crippen molar-refractivity contribution in [1.29, 1.82) is 0 Å². The first-order chi connectivity index (χ1) is 13.5. The van der Waals surface area contributed by atoms with Crippen LogP contribution >= 0.6 is 0 Å². The second-order valence-electron chi connectivity index (χ2n) is 6.57. The van der Waals surface area contributed by atoms with Crippen LogP contribution in [0.4, 0.5) is 4.79 Å². The van der Waals surface area contributed by atoms with E-state index in [4.69, 9.17) is 14.3 Å². The van der Waals surface area contributed by atoms with Crippen LogP contribution in [0.5, 0.6) is 0 Å². The smallest absolute Gasteiger partial charge is 0.407 e. The van der Waals surface area contributed by atoms with Crippen LogP contribution in [0.3, 0.4) is 0 Å². The summed E-state index contributed by atoms with van der Waals surface area (Å²) < 4.78 is 10.5. The Bertz CT molecular complexity index is 997. The van der Waals surface area contributed by atoms with Crippen LogP contribution in [0.1, 0.15) is 46.4 Å². The van der Waals surface area contributed by atoms with E-state index in [0.717, 1.165) is 28.5 Å². The first kappa shape index (κ1) is 17.8. The first-order valence-electron chi connectivity index (χ1n) is 8.85. The molecule has 1 aliphatic carbocycles. The Morgan fingerprint density at radius 2 is 1.75 bits per heavy atom. The summed E-state index contributed by atoms with van der Waals surface area (Å²) in [5.41, 5.74) is 4.35. The SMILES string of the molecule is C[C@@H](NC(=O)OCC1c2ccccc2-c2ccccc21)c1nc(C(=O)O)co1. The molecule has 1 heterocycles. The standard InChI is InChI=1S/C21H18N2O5/c1-12(19-23-18(11-27-19)20(24)25)22-21(26)28-10-17-15-8-4-2-6-13(15)14-7-3-5-9-16(14)17/h2-9,11-12,17H,10H2,1H3,(H,22,26)(H,24,25)/t12-/m1/s1. The summed E-state index contributed by atoms with van der Waals surface area (Å²) >= 11 is 0. The van der Waals surface area contributed by atoms with Gasteiger partial charge in [-0.15, -0.1) is 0 Å². The number of aromatic nitrogens is 1. The Labute approximate surface area is 161 Å². The number of hydrogen-bond acceptors (Lipinski definition) is 5. The van der Waals surface area contributed by atoms with Gasteiger partial charge in [-0.05, 0) is 29.2 Å². The molecule has 4 rings (SSSR count). The zero-order chi connectivity index (χ0) is 19.7. The summed E-state index contributed by atoms with van der Waals surface area (Å²) in [4.78, 5) is 26.9. The number of nitrogens with zero attached hydrogens (tertiary/aromatic N) is 1. The van der Waals surface area contributed by atoms with E-state index in [-0.39, 0.29) is 24.1 Å². The van der Waals surface area contributed by atoms with Crippen molar-refractivity contribution in [3.63, 3.8) is 0 Å². The van der Waals surface area contributed by atoms with Gasteiger partial charge in [-0.1, -0.05) is 48.5 Å². The number of carbonyl (C=O) groups is 2. The molecule has 0 unspecified atom stereocenters. The maximum atomic E-state index is 12.2. The van der Waals surface area contributed by atoms with E-state index in [1.165, 1.54) is 0 Å². The summed E-state index contributed by atoms with van der Waals surface area (Å²) in [6.07, 6.45) is 0.414. The van der Waals surface area contributed by atoms with Gasteiger partial charge in [0.15, 0.2) is 5.69 Å². The molecule has 0 spiro atoms. The van der Waals surface area contributed by atoms with Gasteiger partial charge in [0, 0.05) is 5.92 Å². The predicted octanol–water partition coefficient (Wildman–Crippen LogP) is 3.97. The van der Waals surface area contributed by atoms with Crippen molar-refractivity contribution in [2.45, 2.75) is 18.9 Å². The van der Waals surface area contributed by atoms with E-state index in [2.05, 4.69) is 22.4 Å². The number of carboxylic acids is 1. The van der Waals surface area contributed by atoms with Crippen molar-refractivity contribution >= 4 is 12.1 Å².